The molecule has 0 radical (unpaired) electrons. The standard InChI is InChI=1S/C20H19N3O/c24-19-9-15(20-17-4-2-1-3-14(17)5-6-22-20)8-18-16-7-13(10-21-11-16)12-23(18)19/h1-6,8-9,13,16,21H,7,10-12H2/t13-,16+/m0/s1. The highest BCUT2D eigenvalue weighted by Crippen LogP contribution is 2.34. The summed E-state index contributed by atoms with van der Waals surface area (Å²) in [6, 6.07) is 14.2. The quantitative estimate of drug-likeness (QED) is 0.751. The topological polar surface area (TPSA) is 46.9 Å². The maximum absolute atomic E-state index is 12.7. The SMILES string of the molecule is O=c1cc(-c2nccc3ccccc23)cc2n1C[C@@H]1CNC[C@H]2C1. The summed E-state index contributed by atoms with van der Waals surface area (Å²) in [7, 11) is 0. The number of hydrogen-bond donors (Lipinski definition) is 1. The van der Waals surface area contributed by atoms with Crippen molar-refractivity contribution in [3.05, 3.63) is 64.7 Å². The zero-order chi connectivity index (χ0) is 16.1. The summed E-state index contributed by atoms with van der Waals surface area (Å²) in [5.41, 5.74) is 3.11. The molecule has 120 valence electrons. The number of nitrogens with one attached hydrogen (secondary N) is 1. The summed E-state index contributed by atoms with van der Waals surface area (Å²) >= 11 is 0. The molecule has 2 aliphatic heterocycles. The number of aromatic nitrogens is 2. The van der Waals surface area contributed by atoms with Crippen LogP contribution in [0.25, 0.3) is 22.0 Å². The van der Waals surface area contributed by atoms with Crippen molar-refractivity contribution in [1.29, 1.82) is 0 Å². The number of fused-ring (bicyclic) bond motifs is 5. The summed E-state index contributed by atoms with van der Waals surface area (Å²) in [5.74, 6) is 1.01. The van der Waals surface area contributed by atoms with Gasteiger partial charge in [0.2, 0.25) is 0 Å². The number of nitrogens with zero attached hydrogens (tertiary/aromatic N) is 2. The van der Waals surface area contributed by atoms with Crippen molar-refractivity contribution < 1.29 is 0 Å². The first-order valence-corrected chi connectivity index (χ1v) is 8.59. The smallest absolute Gasteiger partial charge is 0.251 e. The molecular weight excluding hydrogens is 298 g/mol. The van der Waals surface area contributed by atoms with Gasteiger partial charge in [-0.1, -0.05) is 24.3 Å². The highest BCUT2D eigenvalue weighted by Gasteiger charge is 2.31. The lowest BCUT2D eigenvalue weighted by Crippen LogP contribution is -2.44. The Hall–Kier alpha value is -2.46. The van der Waals surface area contributed by atoms with Crippen molar-refractivity contribution in [2.24, 2.45) is 5.92 Å². The third-order valence-electron chi connectivity index (χ3n) is 5.41. The monoisotopic (exact) mass is 317 g/mol. The maximum Gasteiger partial charge on any atom is 0.251 e. The third-order valence-corrected chi connectivity index (χ3v) is 5.41. The van der Waals surface area contributed by atoms with Crippen molar-refractivity contribution >= 4 is 10.8 Å². The summed E-state index contributed by atoms with van der Waals surface area (Å²) in [5, 5.41) is 5.75. The third kappa shape index (κ3) is 2.10. The van der Waals surface area contributed by atoms with Crippen LogP contribution in [0.4, 0.5) is 0 Å². The van der Waals surface area contributed by atoms with E-state index >= 15 is 0 Å². The summed E-state index contributed by atoms with van der Waals surface area (Å²) in [6.07, 6.45) is 3.01. The Balaban J connectivity index is 1.73. The predicted octanol–water partition coefficient (Wildman–Crippen LogP) is 2.77. The van der Waals surface area contributed by atoms with E-state index in [4.69, 9.17) is 0 Å². The molecule has 4 heterocycles. The molecule has 2 atom stereocenters. The Bertz CT molecular complexity index is 986. The van der Waals surface area contributed by atoms with E-state index < -0.39 is 0 Å². The molecule has 2 aliphatic rings. The van der Waals surface area contributed by atoms with Crippen LogP contribution in [-0.4, -0.2) is 22.6 Å². The summed E-state index contributed by atoms with van der Waals surface area (Å²) in [6.45, 7) is 2.82. The van der Waals surface area contributed by atoms with Gasteiger partial charge in [-0.2, -0.15) is 0 Å². The largest absolute Gasteiger partial charge is 0.316 e. The normalized spacial score (nSPS) is 22.3. The molecule has 1 N–H and O–H groups in total. The van der Waals surface area contributed by atoms with Crippen molar-refractivity contribution in [3.63, 3.8) is 0 Å². The first-order chi connectivity index (χ1) is 11.8. The van der Waals surface area contributed by atoms with E-state index in [1.165, 1.54) is 6.42 Å². The van der Waals surface area contributed by atoms with Crippen LogP contribution in [0.15, 0.2) is 53.5 Å². The Labute approximate surface area is 140 Å². The molecule has 3 aromatic rings. The van der Waals surface area contributed by atoms with Crippen LogP contribution >= 0.6 is 0 Å². The first kappa shape index (κ1) is 13.9. The molecule has 1 saturated heterocycles. The van der Waals surface area contributed by atoms with Gasteiger partial charge < -0.3 is 9.88 Å². The van der Waals surface area contributed by atoms with Crippen molar-refractivity contribution in [2.75, 3.05) is 13.1 Å². The fourth-order valence-electron chi connectivity index (χ4n) is 4.29. The predicted molar refractivity (Wildman–Crippen MR) is 95.2 cm³/mol. The minimum Gasteiger partial charge on any atom is -0.316 e. The fourth-order valence-corrected chi connectivity index (χ4v) is 4.29. The number of piperidine rings is 1. The van der Waals surface area contributed by atoms with Gasteiger partial charge in [-0.25, -0.2) is 0 Å². The molecule has 4 nitrogen and oxygen atoms in total. The van der Waals surface area contributed by atoms with Crippen molar-refractivity contribution in [2.45, 2.75) is 18.9 Å². The van der Waals surface area contributed by atoms with Gasteiger partial charge in [0.1, 0.15) is 0 Å². The van der Waals surface area contributed by atoms with Crippen LogP contribution in [0.5, 0.6) is 0 Å². The van der Waals surface area contributed by atoms with Crippen LogP contribution in [0, 0.1) is 5.92 Å². The van der Waals surface area contributed by atoms with Gasteiger partial charge in [0.05, 0.1) is 5.69 Å². The van der Waals surface area contributed by atoms with Crippen LogP contribution in [0.1, 0.15) is 18.0 Å². The van der Waals surface area contributed by atoms with E-state index in [0.29, 0.717) is 11.8 Å². The molecule has 24 heavy (non-hydrogen) atoms. The van der Waals surface area contributed by atoms with E-state index in [1.54, 1.807) is 6.07 Å². The Morgan fingerprint density at radius 2 is 2.04 bits per heavy atom. The molecule has 2 aromatic heterocycles. The van der Waals surface area contributed by atoms with Gasteiger partial charge in [0.25, 0.3) is 5.56 Å². The molecule has 1 fully saturated rings. The Morgan fingerprint density at radius 1 is 1.12 bits per heavy atom. The Morgan fingerprint density at radius 3 is 3.00 bits per heavy atom. The van der Waals surface area contributed by atoms with E-state index in [1.807, 2.05) is 29.0 Å². The van der Waals surface area contributed by atoms with Gasteiger partial charge in [-0.05, 0) is 36.4 Å². The maximum atomic E-state index is 12.7. The second kappa shape index (κ2) is 5.28. The average Bonchev–Trinajstić information content (AvgIpc) is 2.62. The molecule has 2 bridgehead atoms. The Kier molecular flexibility index (Phi) is 3.06. The van der Waals surface area contributed by atoms with Gasteiger partial charge in [-0.3, -0.25) is 9.78 Å². The second-order valence-electron chi connectivity index (χ2n) is 6.96. The number of hydrogen-bond acceptors (Lipinski definition) is 3. The highest BCUT2D eigenvalue weighted by molar-refractivity contribution is 5.94. The molecule has 1 aromatic carbocycles. The van der Waals surface area contributed by atoms with E-state index in [2.05, 4.69) is 28.5 Å². The lowest BCUT2D eigenvalue weighted by molar-refractivity contribution is 0.257. The molecule has 0 unspecified atom stereocenters. The fraction of sp³-hybridized carbons (Fsp3) is 0.300. The van der Waals surface area contributed by atoms with E-state index in [0.717, 1.165) is 47.4 Å². The number of pyridine rings is 2. The van der Waals surface area contributed by atoms with Crippen molar-refractivity contribution in [1.82, 2.24) is 14.9 Å². The van der Waals surface area contributed by atoms with Gasteiger partial charge in [0.15, 0.2) is 0 Å². The van der Waals surface area contributed by atoms with Gasteiger partial charge >= 0.3 is 0 Å². The zero-order valence-corrected chi connectivity index (χ0v) is 13.4. The molecule has 5 rings (SSSR count). The van der Waals surface area contributed by atoms with Gasteiger partial charge in [-0.15, -0.1) is 0 Å². The summed E-state index contributed by atoms with van der Waals surface area (Å²) in [4.78, 5) is 17.3. The summed E-state index contributed by atoms with van der Waals surface area (Å²) < 4.78 is 1.98. The minimum absolute atomic E-state index is 0.105. The lowest BCUT2D eigenvalue weighted by Gasteiger charge is -2.37. The molecule has 0 aliphatic carbocycles. The number of benzene rings is 1. The molecule has 0 spiro atoms. The van der Waals surface area contributed by atoms with Crippen LogP contribution in [-0.2, 0) is 6.54 Å². The number of rotatable bonds is 1. The van der Waals surface area contributed by atoms with E-state index in [9.17, 15) is 4.79 Å². The van der Waals surface area contributed by atoms with Crippen LogP contribution in [0.2, 0.25) is 0 Å². The lowest BCUT2D eigenvalue weighted by atomic mass is 9.83. The molecule has 0 amide bonds. The van der Waals surface area contributed by atoms with Crippen LogP contribution in [0.3, 0.4) is 0 Å². The highest BCUT2D eigenvalue weighted by atomic mass is 16.1. The van der Waals surface area contributed by atoms with E-state index in [-0.39, 0.29) is 5.56 Å². The first-order valence-electron chi connectivity index (χ1n) is 8.59. The minimum atomic E-state index is 0.105. The average molecular weight is 317 g/mol. The molecule has 0 saturated carbocycles. The van der Waals surface area contributed by atoms with Crippen molar-refractivity contribution in [3.8, 4) is 11.3 Å². The molecular formula is C20H19N3O. The van der Waals surface area contributed by atoms with Crippen LogP contribution < -0.4 is 10.9 Å². The van der Waals surface area contributed by atoms with Gasteiger partial charge in [0, 0.05) is 47.9 Å². The zero-order valence-electron chi connectivity index (χ0n) is 13.4. The molecule has 4 heteroatoms. The second-order valence-corrected chi connectivity index (χ2v) is 6.96.